The highest BCUT2D eigenvalue weighted by Gasteiger charge is 2.34. The zero-order chi connectivity index (χ0) is 19.8. The molecule has 4 rings (SSSR count). The summed E-state index contributed by atoms with van der Waals surface area (Å²) >= 11 is 5.99. The van der Waals surface area contributed by atoms with Gasteiger partial charge in [0.2, 0.25) is 0 Å². The molecule has 3 amide bonds. The number of hydrogen-bond donors (Lipinski definition) is 1. The number of para-hydroxylation sites is 1. The van der Waals surface area contributed by atoms with Gasteiger partial charge in [0.25, 0.3) is 5.91 Å². The molecule has 0 unspecified atom stereocenters. The first kappa shape index (κ1) is 18.1. The Morgan fingerprint density at radius 2 is 1.61 bits per heavy atom. The molecule has 3 aromatic rings. The van der Waals surface area contributed by atoms with Crippen LogP contribution in [0, 0.1) is 13.8 Å². The number of aromatic nitrogens is 1. The van der Waals surface area contributed by atoms with Crippen molar-refractivity contribution in [1.82, 2.24) is 9.88 Å². The summed E-state index contributed by atoms with van der Waals surface area (Å²) in [6.07, 6.45) is 1.72. The SMILES string of the molecule is Cc1cc(/C=C2/NC(=O)N(c3ccccc3)C2=O)c(C)n1-c1ccc(Cl)cc1. The van der Waals surface area contributed by atoms with Gasteiger partial charge in [-0.3, -0.25) is 4.79 Å². The van der Waals surface area contributed by atoms with Gasteiger partial charge in [0, 0.05) is 22.1 Å². The summed E-state index contributed by atoms with van der Waals surface area (Å²) in [7, 11) is 0. The minimum Gasteiger partial charge on any atom is -0.318 e. The quantitative estimate of drug-likeness (QED) is 0.512. The molecule has 140 valence electrons. The maximum atomic E-state index is 12.8. The summed E-state index contributed by atoms with van der Waals surface area (Å²) in [5.74, 6) is -0.368. The van der Waals surface area contributed by atoms with Crippen LogP contribution >= 0.6 is 11.6 Å². The normalized spacial score (nSPS) is 15.4. The third-order valence-corrected chi connectivity index (χ3v) is 5.00. The van der Waals surface area contributed by atoms with Crippen molar-refractivity contribution in [2.24, 2.45) is 0 Å². The van der Waals surface area contributed by atoms with Gasteiger partial charge in [-0.1, -0.05) is 29.8 Å². The molecule has 2 heterocycles. The molecule has 2 aromatic carbocycles. The van der Waals surface area contributed by atoms with Crippen molar-refractivity contribution in [3.63, 3.8) is 0 Å². The molecule has 1 aliphatic heterocycles. The van der Waals surface area contributed by atoms with Gasteiger partial charge in [-0.15, -0.1) is 0 Å². The number of rotatable bonds is 3. The molecule has 0 atom stereocenters. The number of imide groups is 1. The van der Waals surface area contributed by atoms with E-state index >= 15 is 0 Å². The Labute approximate surface area is 167 Å². The fourth-order valence-corrected chi connectivity index (χ4v) is 3.55. The molecule has 0 saturated carbocycles. The number of nitrogens with one attached hydrogen (secondary N) is 1. The minimum absolute atomic E-state index is 0.255. The van der Waals surface area contributed by atoms with Gasteiger partial charge < -0.3 is 9.88 Å². The predicted molar refractivity (Wildman–Crippen MR) is 111 cm³/mol. The Morgan fingerprint density at radius 1 is 0.929 bits per heavy atom. The van der Waals surface area contributed by atoms with Crippen molar-refractivity contribution in [2.45, 2.75) is 13.8 Å². The van der Waals surface area contributed by atoms with Crippen LogP contribution in [0.2, 0.25) is 5.02 Å². The zero-order valence-electron chi connectivity index (χ0n) is 15.4. The zero-order valence-corrected chi connectivity index (χ0v) is 16.2. The standard InChI is InChI=1S/C22H18ClN3O2/c1-14-12-16(15(2)25(14)19-10-8-17(23)9-11-19)13-20-21(27)26(22(28)24-20)18-6-4-3-5-7-18/h3-13H,1-2H3,(H,24,28)/b20-13+. The lowest BCUT2D eigenvalue weighted by Crippen LogP contribution is -2.30. The summed E-state index contributed by atoms with van der Waals surface area (Å²) in [5, 5.41) is 3.35. The van der Waals surface area contributed by atoms with Crippen molar-refractivity contribution in [2.75, 3.05) is 4.90 Å². The molecule has 1 aliphatic rings. The summed E-state index contributed by atoms with van der Waals surface area (Å²) in [4.78, 5) is 26.3. The Kier molecular flexibility index (Phi) is 4.53. The van der Waals surface area contributed by atoms with Crippen LogP contribution in [-0.4, -0.2) is 16.5 Å². The van der Waals surface area contributed by atoms with Gasteiger partial charge in [0.1, 0.15) is 5.70 Å². The number of carbonyl (C=O) groups excluding carboxylic acids is 2. The van der Waals surface area contributed by atoms with Crippen molar-refractivity contribution < 1.29 is 9.59 Å². The summed E-state index contributed by atoms with van der Waals surface area (Å²) in [6, 6.07) is 18.0. The molecule has 5 nitrogen and oxygen atoms in total. The third-order valence-electron chi connectivity index (χ3n) is 4.75. The summed E-state index contributed by atoms with van der Waals surface area (Å²) < 4.78 is 2.08. The first-order valence-corrected chi connectivity index (χ1v) is 9.20. The van der Waals surface area contributed by atoms with Crippen LogP contribution in [0.3, 0.4) is 0 Å². The second-order valence-electron chi connectivity index (χ2n) is 6.60. The predicted octanol–water partition coefficient (Wildman–Crippen LogP) is 4.84. The van der Waals surface area contributed by atoms with Gasteiger partial charge in [0.05, 0.1) is 5.69 Å². The van der Waals surface area contributed by atoms with Crippen LogP contribution < -0.4 is 10.2 Å². The second-order valence-corrected chi connectivity index (χ2v) is 7.04. The minimum atomic E-state index is -0.450. The maximum absolute atomic E-state index is 12.8. The number of halogens is 1. The van der Waals surface area contributed by atoms with E-state index in [1.807, 2.05) is 50.2 Å². The van der Waals surface area contributed by atoms with Crippen LogP contribution in [0.1, 0.15) is 17.0 Å². The number of anilines is 1. The number of amides is 3. The number of hydrogen-bond acceptors (Lipinski definition) is 2. The van der Waals surface area contributed by atoms with E-state index in [9.17, 15) is 9.59 Å². The van der Waals surface area contributed by atoms with E-state index in [0.717, 1.165) is 27.5 Å². The number of urea groups is 1. The lowest BCUT2D eigenvalue weighted by Gasteiger charge is -2.11. The molecule has 0 bridgehead atoms. The van der Waals surface area contributed by atoms with Gasteiger partial charge in [-0.2, -0.15) is 0 Å². The first-order chi connectivity index (χ1) is 13.5. The van der Waals surface area contributed by atoms with Crippen LogP contribution in [0.5, 0.6) is 0 Å². The van der Waals surface area contributed by atoms with Crippen LogP contribution in [-0.2, 0) is 4.79 Å². The van der Waals surface area contributed by atoms with E-state index in [0.29, 0.717) is 10.7 Å². The average Bonchev–Trinajstić information content (AvgIpc) is 3.12. The molecule has 6 heteroatoms. The number of benzene rings is 2. The highest BCUT2D eigenvalue weighted by Crippen LogP contribution is 2.26. The third kappa shape index (κ3) is 3.10. The fraction of sp³-hybridized carbons (Fsp3) is 0.0909. The average molecular weight is 392 g/mol. The van der Waals surface area contributed by atoms with Crippen molar-refractivity contribution in [1.29, 1.82) is 0 Å². The van der Waals surface area contributed by atoms with Crippen molar-refractivity contribution in [3.8, 4) is 5.69 Å². The summed E-state index contributed by atoms with van der Waals surface area (Å²) in [5.41, 5.74) is 4.63. The molecular weight excluding hydrogens is 374 g/mol. The van der Waals surface area contributed by atoms with E-state index in [2.05, 4.69) is 9.88 Å². The Hall–Kier alpha value is -3.31. The maximum Gasteiger partial charge on any atom is 0.333 e. The molecule has 1 fully saturated rings. The highest BCUT2D eigenvalue weighted by molar-refractivity contribution is 6.30. The second kappa shape index (κ2) is 7.02. The van der Waals surface area contributed by atoms with Crippen LogP contribution in [0.25, 0.3) is 11.8 Å². The molecule has 28 heavy (non-hydrogen) atoms. The van der Waals surface area contributed by atoms with Crippen molar-refractivity contribution >= 4 is 35.3 Å². The van der Waals surface area contributed by atoms with E-state index in [1.165, 1.54) is 0 Å². The molecular formula is C22H18ClN3O2. The van der Waals surface area contributed by atoms with E-state index in [4.69, 9.17) is 11.6 Å². The first-order valence-electron chi connectivity index (χ1n) is 8.83. The number of nitrogens with zero attached hydrogens (tertiary/aromatic N) is 2. The number of carbonyl (C=O) groups is 2. The molecule has 0 radical (unpaired) electrons. The van der Waals surface area contributed by atoms with Gasteiger partial charge in [-0.25, -0.2) is 9.69 Å². The van der Waals surface area contributed by atoms with E-state index in [-0.39, 0.29) is 11.6 Å². The van der Waals surface area contributed by atoms with Crippen molar-refractivity contribution in [3.05, 3.63) is 88.3 Å². The lowest BCUT2D eigenvalue weighted by atomic mass is 10.2. The smallest absolute Gasteiger partial charge is 0.318 e. The Bertz CT molecular complexity index is 1100. The Morgan fingerprint density at radius 3 is 2.29 bits per heavy atom. The molecule has 1 aromatic heterocycles. The van der Waals surface area contributed by atoms with Gasteiger partial charge >= 0.3 is 6.03 Å². The topological polar surface area (TPSA) is 54.3 Å². The summed E-state index contributed by atoms with van der Waals surface area (Å²) in [6.45, 7) is 3.97. The van der Waals surface area contributed by atoms with Gasteiger partial charge in [0.15, 0.2) is 0 Å². The highest BCUT2D eigenvalue weighted by atomic mass is 35.5. The van der Waals surface area contributed by atoms with E-state index < -0.39 is 6.03 Å². The molecule has 0 spiro atoms. The van der Waals surface area contributed by atoms with E-state index in [1.54, 1.807) is 30.3 Å². The number of aryl methyl sites for hydroxylation is 1. The fourth-order valence-electron chi connectivity index (χ4n) is 3.42. The molecule has 0 aliphatic carbocycles. The monoisotopic (exact) mass is 391 g/mol. The van der Waals surface area contributed by atoms with Crippen LogP contribution in [0.15, 0.2) is 66.4 Å². The largest absolute Gasteiger partial charge is 0.333 e. The molecule has 1 saturated heterocycles. The lowest BCUT2D eigenvalue weighted by molar-refractivity contribution is -0.113. The van der Waals surface area contributed by atoms with Gasteiger partial charge in [-0.05, 0) is 68.0 Å². The Balaban J connectivity index is 1.70. The van der Waals surface area contributed by atoms with Crippen LogP contribution in [0.4, 0.5) is 10.5 Å². The molecule has 1 N–H and O–H groups in total.